The van der Waals surface area contributed by atoms with Gasteiger partial charge in [0.25, 0.3) is 0 Å². The molecular formula is C11H19NO5S. The summed E-state index contributed by atoms with van der Waals surface area (Å²) in [5.41, 5.74) is -0.595. The van der Waals surface area contributed by atoms with Gasteiger partial charge in [-0.2, -0.15) is 0 Å². The van der Waals surface area contributed by atoms with Gasteiger partial charge in [-0.25, -0.2) is 4.79 Å². The van der Waals surface area contributed by atoms with E-state index in [4.69, 9.17) is 4.74 Å². The van der Waals surface area contributed by atoms with E-state index in [1.165, 1.54) is 18.9 Å². The number of aliphatic hydroxyl groups is 1. The van der Waals surface area contributed by atoms with Gasteiger partial charge in [-0.15, -0.1) is 11.8 Å². The molecule has 7 heteroatoms. The van der Waals surface area contributed by atoms with Crippen LogP contribution in [0.25, 0.3) is 0 Å². The molecule has 1 rings (SSSR count). The molecule has 1 saturated heterocycles. The topological polar surface area (TPSA) is 84.9 Å². The number of methoxy groups -OCH3 is 1. The van der Waals surface area contributed by atoms with Gasteiger partial charge < -0.3 is 19.9 Å². The molecule has 0 aliphatic carbocycles. The maximum absolute atomic E-state index is 11.5. The van der Waals surface area contributed by atoms with E-state index in [9.17, 15) is 14.7 Å². The Hall–Kier alpha value is -0.950. The van der Waals surface area contributed by atoms with Crippen LogP contribution < -0.4 is 5.32 Å². The molecular weight excluding hydrogens is 258 g/mol. The number of ether oxygens (including phenoxy) is 2. The number of esters is 1. The molecule has 0 radical (unpaired) electrons. The molecule has 0 aromatic rings. The normalized spacial score (nSPS) is 27.7. The van der Waals surface area contributed by atoms with Gasteiger partial charge in [0.15, 0.2) is 0 Å². The quantitative estimate of drug-likeness (QED) is 0.716. The minimum atomic E-state index is -0.963. The fraction of sp³-hybridized carbons (Fsp3) is 0.818. The summed E-state index contributed by atoms with van der Waals surface area (Å²) in [4.78, 5) is 22.9. The lowest BCUT2D eigenvalue weighted by Gasteiger charge is -2.23. The summed E-state index contributed by atoms with van der Waals surface area (Å²) in [7, 11) is 1.27. The molecule has 104 valence electrons. The molecule has 0 bridgehead atoms. The van der Waals surface area contributed by atoms with Crippen molar-refractivity contribution < 1.29 is 24.2 Å². The second kappa shape index (κ2) is 5.79. The highest BCUT2D eigenvalue weighted by Gasteiger charge is 2.41. The lowest BCUT2D eigenvalue weighted by Crippen LogP contribution is -2.47. The average Bonchev–Trinajstić information content (AvgIpc) is 2.57. The van der Waals surface area contributed by atoms with Crippen molar-refractivity contribution in [2.75, 3.05) is 12.9 Å². The van der Waals surface area contributed by atoms with Gasteiger partial charge in [-0.05, 0) is 20.8 Å². The first kappa shape index (κ1) is 15.1. The second-order valence-electron chi connectivity index (χ2n) is 5.02. The Morgan fingerprint density at radius 1 is 1.39 bits per heavy atom. The average molecular weight is 277 g/mol. The first-order valence-corrected chi connectivity index (χ1v) is 6.66. The number of hydrogen-bond acceptors (Lipinski definition) is 6. The van der Waals surface area contributed by atoms with Gasteiger partial charge in [0.2, 0.25) is 0 Å². The van der Waals surface area contributed by atoms with Crippen LogP contribution in [0.1, 0.15) is 20.8 Å². The number of alkyl carbamates (subject to hydrolysis) is 1. The van der Waals surface area contributed by atoms with E-state index in [2.05, 4.69) is 10.1 Å². The van der Waals surface area contributed by atoms with Crippen LogP contribution in [0.3, 0.4) is 0 Å². The highest BCUT2D eigenvalue weighted by Crippen LogP contribution is 2.28. The number of carbonyl (C=O) groups excluding carboxylic acids is 2. The Labute approximate surface area is 110 Å². The summed E-state index contributed by atoms with van der Waals surface area (Å²) in [6, 6.07) is -0.506. The molecule has 3 atom stereocenters. The van der Waals surface area contributed by atoms with E-state index in [1.807, 2.05) is 0 Å². The smallest absolute Gasteiger partial charge is 0.407 e. The maximum Gasteiger partial charge on any atom is 0.407 e. The van der Waals surface area contributed by atoms with Crippen molar-refractivity contribution in [3.63, 3.8) is 0 Å². The first-order chi connectivity index (χ1) is 8.24. The number of amides is 1. The summed E-state index contributed by atoms with van der Waals surface area (Å²) < 4.78 is 9.66. The lowest BCUT2D eigenvalue weighted by atomic mass is 10.1. The molecule has 6 nitrogen and oxygen atoms in total. The van der Waals surface area contributed by atoms with Crippen molar-refractivity contribution in [1.29, 1.82) is 0 Å². The lowest BCUT2D eigenvalue weighted by molar-refractivity contribution is -0.142. The number of hydrogen-bond donors (Lipinski definition) is 2. The SMILES string of the molecule is COC(=O)C1SC[C@@H](NC(=O)OC(C)(C)C)C1O. The van der Waals surface area contributed by atoms with Crippen LogP contribution in [0, 0.1) is 0 Å². The van der Waals surface area contributed by atoms with Gasteiger partial charge in [-0.3, -0.25) is 4.79 Å². The molecule has 2 N–H and O–H groups in total. The number of aliphatic hydroxyl groups excluding tert-OH is 1. The number of carbonyl (C=O) groups is 2. The third kappa shape index (κ3) is 4.06. The predicted octanol–water partition coefficient (Wildman–Crippen LogP) is 0.529. The molecule has 2 unspecified atom stereocenters. The zero-order valence-electron chi connectivity index (χ0n) is 10.9. The van der Waals surface area contributed by atoms with Gasteiger partial charge in [0.05, 0.1) is 19.3 Å². The van der Waals surface area contributed by atoms with Crippen molar-refractivity contribution in [2.45, 2.75) is 43.8 Å². The highest BCUT2D eigenvalue weighted by atomic mass is 32.2. The Bertz CT molecular complexity index is 328. The molecule has 0 aromatic carbocycles. The largest absolute Gasteiger partial charge is 0.468 e. The summed E-state index contributed by atoms with van der Waals surface area (Å²) in [5, 5.41) is 11.8. The standard InChI is InChI=1S/C11H19NO5S/c1-11(2,3)17-10(15)12-6-5-18-8(7(6)13)9(14)16-4/h6-8,13H,5H2,1-4H3,(H,12,15)/t6-,7?,8?/m1/s1. The number of nitrogens with one attached hydrogen (secondary N) is 1. The minimum Gasteiger partial charge on any atom is -0.468 e. The number of thioether (sulfide) groups is 1. The molecule has 0 aromatic heterocycles. The highest BCUT2D eigenvalue weighted by molar-refractivity contribution is 8.01. The van der Waals surface area contributed by atoms with Crippen LogP contribution in [0.15, 0.2) is 0 Å². The van der Waals surface area contributed by atoms with Crippen LogP contribution in [0.4, 0.5) is 4.79 Å². The van der Waals surface area contributed by atoms with Crippen LogP contribution in [-0.2, 0) is 14.3 Å². The molecule has 0 saturated carbocycles. The van der Waals surface area contributed by atoms with E-state index >= 15 is 0 Å². The van der Waals surface area contributed by atoms with Gasteiger partial charge in [0.1, 0.15) is 10.9 Å². The number of rotatable bonds is 2. The Morgan fingerprint density at radius 3 is 2.50 bits per heavy atom. The van der Waals surface area contributed by atoms with Crippen molar-refractivity contribution >= 4 is 23.8 Å². The molecule has 1 aliphatic heterocycles. The monoisotopic (exact) mass is 277 g/mol. The van der Waals surface area contributed by atoms with Gasteiger partial charge >= 0.3 is 12.1 Å². The zero-order chi connectivity index (χ0) is 13.9. The van der Waals surface area contributed by atoms with Gasteiger partial charge in [-0.1, -0.05) is 0 Å². The predicted molar refractivity (Wildman–Crippen MR) is 67.4 cm³/mol. The fourth-order valence-corrected chi connectivity index (χ4v) is 2.84. The van der Waals surface area contributed by atoms with Crippen molar-refractivity contribution in [3.05, 3.63) is 0 Å². The summed E-state index contributed by atoms with van der Waals surface area (Å²) >= 11 is 1.26. The van der Waals surface area contributed by atoms with E-state index in [0.29, 0.717) is 5.75 Å². The maximum atomic E-state index is 11.5. The van der Waals surface area contributed by atoms with Crippen molar-refractivity contribution in [2.24, 2.45) is 0 Å². The summed E-state index contributed by atoms with van der Waals surface area (Å²) in [6.45, 7) is 5.26. The van der Waals surface area contributed by atoms with Crippen LogP contribution >= 0.6 is 11.8 Å². The first-order valence-electron chi connectivity index (χ1n) is 5.61. The summed E-state index contributed by atoms with van der Waals surface area (Å²) in [6.07, 6.45) is -1.56. The summed E-state index contributed by atoms with van der Waals surface area (Å²) in [5.74, 6) is -0.0406. The molecule has 1 heterocycles. The Morgan fingerprint density at radius 2 is 2.00 bits per heavy atom. The van der Waals surface area contributed by atoms with E-state index in [-0.39, 0.29) is 0 Å². The fourth-order valence-electron chi connectivity index (χ4n) is 1.53. The van der Waals surface area contributed by atoms with Crippen molar-refractivity contribution in [3.8, 4) is 0 Å². The van der Waals surface area contributed by atoms with Gasteiger partial charge in [0, 0.05) is 5.75 Å². The van der Waals surface area contributed by atoms with E-state index in [1.54, 1.807) is 20.8 Å². The van der Waals surface area contributed by atoms with Crippen LogP contribution in [-0.4, -0.2) is 53.0 Å². The minimum absolute atomic E-state index is 0.445. The Balaban J connectivity index is 2.50. The third-order valence-electron chi connectivity index (χ3n) is 2.31. The molecule has 0 spiro atoms. The zero-order valence-corrected chi connectivity index (χ0v) is 11.7. The molecule has 18 heavy (non-hydrogen) atoms. The third-order valence-corrected chi connectivity index (χ3v) is 3.70. The van der Waals surface area contributed by atoms with Crippen LogP contribution in [0.2, 0.25) is 0 Å². The Kier molecular flexibility index (Phi) is 4.86. The molecule has 1 aliphatic rings. The molecule has 1 amide bonds. The van der Waals surface area contributed by atoms with E-state index in [0.717, 1.165) is 0 Å². The van der Waals surface area contributed by atoms with Crippen molar-refractivity contribution in [1.82, 2.24) is 5.32 Å². The second-order valence-corrected chi connectivity index (χ2v) is 6.19. The van der Waals surface area contributed by atoms with E-state index < -0.39 is 35.1 Å². The molecule has 1 fully saturated rings. The van der Waals surface area contributed by atoms with Crippen LogP contribution in [0.5, 0.6) is 0 Å².